The Balaban J connectivity index is 1.23. The van der Waals surface area contributed by atoms with Gasteiger partial charge in [-0.1, -0.05) is 0 Å². The molecular formula is C19H22F3N5OS. The van der Waals surface area contributed by atoms with E-state index in [4.69, 9.17) is 0 Å². The standard InChI is InChI=1S/C19H22F3N5OS/c20-19(21,22)5-13-4-14-15(24-11-25-16(14)29-13)26-7-18(8-26)9-27(10-18)17(28)12-2-1-3-23-6-12/h4,11-12,23H,1-3,5-10H2. The zero-order chi connectivity index (χ0) is 20.2. The number of piperidine rings is 1. The summed E-state index contributed by atoms with van der Waals surface area (Å²) in [5.74, 6) is 1.04. The molecule has 29 heavy (non-hydrogen) atoms. The molecule has 0 radical (unpaired) electrons. The minimum absolute atomic E-state index is 0.0941. The van der Waals surface area contributed by atoms with Crippen LogP contribution in [0.5, 0.6) is 0 Å². The minimum Gasteiger partial charge on any atom is -0.354 e. The molecule has 2 aromatic rings. The average Bonchev–Trinajstić information content (AvgIpc) is 3.01. The molecule has 0 aromatic carbocycles. The van der Waals surface area contributed by atoms with Crippen molar-refractivity contribution in [3.63, 3.8) is 0 Å². The maximum absolute atomic E-state index is 12.7. The second kappa shape index (κ2) is 6.80. The summed E-state index contributed by atoms with van der Waals surface area (Å²) in [5.41, 5.74) is 0.0971. The highest BCUT2D eigenvalue weighted by Crippen LogP contribution is 2.44. The van der Waals surface area contributed by atoms with E-state index < -0.39 is 12.6 Å². The summed E-state index contributed by atoms with van der Waals surface area (Å²) < 4.78 is 38.2. The van der Waals surface area contributed by atoms with E-state index >= 15 is 0 Å². The van der Waals surface area contributed by atoms with Gasteiger partial charge in [0.25, 0.3) is 0 Å². The Morgan fingerprint density at radius 3 is 2.76 bits per heavy atom. The minimum atomic E-state index is -4.23. The number of rotatable bonds is 3. The fourth-order valence-electron chi connectivity index (χ4n) is 4.78. The number of aromatic nitrogens is 2. The van der Waals surface area contributed by atoms with Gasteiger partial charge in [0.05, 0.1) is 17.7 Å². The largest absolute Gasteiger partial charge is 0.393 e. The van der Waals surface area contributed by atoms with E-state index in [-0.39, 0.29) is 22.1 Å². The number of carbonyl (C=O) groups excluding carboxylic acids is 1. The molecule has 156 valence electrons. The second-order valence-corrected chi connectivity index (χ2v) is 9.63. The van der Waals surface area contributed by atoms with E-state index in [0.29, 0.717) is 16.0 Å². The molecule has 3 fully saturated rings. The molecule has 3 saturated heterocycles. The van der Waals surface area contributed by atoms with Gasteiger partial charge >= 0.3 is 6.18 Å². The van der Waals surface area contributed by atoms with Crippen LogP contribution in [0.2, 0.25) is 0 Å². The lowest BCUT2D eigenvalue weighted by Gasteiger charge is -2.61. The molecule has 1 spiro atoms. The van der Waals surface area contributed by atoms with Crippen LogP contribution in [0.1, 0.15) is 17.7 Å². The van der Waals surface area contributed by atoms with Crippen LogP contribution in [0, 0.1) is 11.3 Å². The number of hydrogen-bond acceptors (Lipinski definition) is 6. The van der Waals surface area contributed by atoms with E-state index in [9.17, 15) is 18.0 Å². The Kier molecular flexibility index (Phi) is 4.47. The van der Waals surface area contributed by atoms with Crippen LogP contribution in [0.4, 0.5) is 19.0 Å². The van der Waals surface area contributed by atoms with Crippen molar-refractivity contribution in [3.8, 4) is 0 Å². The summed E-state index contributed by atoms with van der Waals surface area (Å²) in [5, 5.41) is 3.98. The van der Waals surface area contributed by atoms with Gasteiger partial charge < -0.3 is 15.1 Å². The first-order valence-electron chi connectivity index (χ1n) is 9.87. The van der Waals surface area contributed by atoms with Crippen molar-refractivity contribution in [2.75, 3.05) is 44.2 Å². The number of nitrogens with zero attached hydrogens (tertiary/aromatic N) is 4. The molecule has 3 aliphatic rings. The van der Waals surface area contributed by atoms with Crippen LogP contribution in [-0.2, 0) is 11.2 Å². The molecule has 1 atom stereocenters. The lowest BCUT2D eigenvalue weighted by molar-refractivity contribution is -0.150. The maximum atomic E-state index is 12.7. The summed E-state index contributed by atoms with van der Waals surface area (Å²) in [6.45, 7) is 4.83. The van der Waals surface area contributed by atoms with E-state index in [0.717, 1.165) is 63.4 Å². The van der Waals surface area contributed by atoms with Crippen molar-refractivity contribution in [3.05, 3.63) is 17.3 Å². The Labute approximate surface area is 170 Å². The predicted molar refractivity (Wildman–Crippen MR) is 104 cm³/mol. The van der Waals surface area contributed by atoms with Gasteiger partial charge in [-0.3, -0.25) is 4.79 Å². The highest BCUT2D eigenvalue weighted by Gasteiger charge is 2.54. The van der Waals surface area contributed by atoms with E-state index in [1.807, 2.05) is 4.90 Å². The van der Waals surface area contributed by atoms with E-state index in [1.165, 1.54) is 6.33 Å². The zero-order valence-corrected chi connectivity index (χ0v) is 16.7. The smallest absolute Gasteiger partial charge is 0.354 e. The number of halogens is 3. The van der Waals surface area contributed by atoms with Crippen molar-refractivity contribution in [2.45, 2.75) is 25.4 Å². The lowest BCUT2D eigenvalue weighted by Crippen LogP contribution is -2.73. The summed E-state index contributed by atoms with van der Waals surface area (Å²) in [6, 6.07) is 1.57. The van der Waals surface area contributed by atoms with Crippen LogP contribution in [-0.4, -0.2) is 66.2 Å². The zero-order valence-electron chi connectivity index (χ0n) is 15.8. The number of carbonyl (C=O) groups is 1. The third-order valence-corrected chi connectivity index (χ3v) is 7.14. The van der Waals surface area contributed by atoms with Gasteiger partial charge in [0.2, 0.25) is 5.91 Å². The first-order chi connectivity index (χ1) is 13.8. The van der Waals surface area contributed by atoms with Crippen LogP contribution >= 0.6 is 11.3 Å². The van der Waals surface area contributed by atoms with Crippen molar-refractivity contribution in [1.29, 1.82) is 0 Å². The fraction of sp³-hybridized carbons (Fsp3) is 0.632. The molecule has 0 aliphatic carbocycles. The van der Waals surface area contributed by atoms with Crippen molar-refractivity contribution in [2.24, 2.45) is 11.3 Å². The number of alkyl halides is 3. The molecule has 1 amide bonds. The van der Waals surface area contributed by atoms with Gasteiger partial charge in [0.15, 0.2) is 0 Å². The van der Waals surface area contributed by atoms with Crippen molar-refractivity contribution < 1.29 is 18.0 Å². The molecular weight excluding hydrogens is 403 g/mol. The predicted octanol–water partition coefficient (Wildman–Crippen LogP) is 2.44. The number of fused-ring (bicyclic) bond motifs is 1. The summed E-state index contributed by atoms with van der Waals surface area (Å²) >= 11 is 1.07. The first kappa shape index (κ1) is 19.0. The third kappa shape index (κ3) is 3.56. The Morgan fingerprint density at radius 2 is 2.07 bits per heavy atom. The molecule has 1 unspecified atom stereocenters. The van der Waals surface area contributed by atoms with Gasteiger partial charge in [-0.25, -0.2) is 9.97 Å². The molecule has 3 aliphatic heterocycles. The molecule has 5 rings (SSSR count). The number of thiophene rings is 1. The van der Waals surface area contributed by atoms with Crippen LogP contribution < -0.4 is 10.2 Å². The van der Waals surface area contributed by atoms with Gasteiger partial charge in [0.1, 0.15) is 17.0 Å². The SMILES string of the molecule is O=C(C1CCCNC1)N1CC2(C1)CN(c1ncnc3sc(CC(F)(F)F)cc13)C2. The summed E-state index contributed by atoms with van der Waals surface area (Å²) in [4.78, 5) is 26.0. The summed E-state index contributed by atoms with van der Waals surface area (Å²) in [6.07, 6.45) is -1.75. The molecule has 0 saturated carbocycles. The molecule has 10 heteroatoms. The van der Waals surface area contributed by atoms with Crippen molar-refractivity contribution >= 4 is 33.3 Å². The summed E-state index contributed by atoms with van der Waals surface area (Å²) in [7, 11) is 0. The van der Waals surface area contributed by atoms with Crippen LogP contribution in [0.25, 0.3) is 10.2 Å². The monoisotopic (exact) mass is 425 g/mol. The Hall–Kier alpha value is -1.94. The average molecular weight is 425 g/mol. The first-order valence-corrected chi connectivity index (χ1v) is 10.7. The van der Waals surface area contributed by atoms with E-state index in [1.54, 1.807) is 6.07 Å². The highest BCUT2D eigenvalue weighted by atomic mass is 32.1. The number of hydrogen-bond donors (Lipinski definition) is 1. The topological polar surface area (TPSA) is 61.4 Å². The van der Waals surface area contributed by atoms with Gasteiger partial charge in [-0.2, -0.15) is 13.2 Å². The van der Waals surface area contributed by atoms with Gasteiger partial charge in [0, 0.05) is 43.0 Å². The molecule has 2 aromatic heterocycles. The fourth-order valence-corrected chi connectivity index (χ4v) is 5.80. The number of amides is 1. The van der Waals surface area contributed by atoms with Crippen molar-refractivity contribution in [1.82, 2.24) is 20.2 Å². The van der Waals surface area contributed by atoms with Gasteiger partial charge in [-0.05, 0) is 25.5 Å². The number of likely N-dealkylation sites (tertiary alicyclic amines) is 1. The maximum Gasteiger partial charge on any atom is 0.393 e. The number of nitrogens with one attached hydrogen (secondary N) is 1. The quantitative estimate of drug-likeness (QED) is 0.819. The van der Waals surface area contributed by atoms with E-state index in [2.05, 4.69) is 20.2 Å². The number of anilines is 1. The molecule has 0 bridgehead atoms. The highest BCUT2D eigenvalue weighted by molar-refractivity contribution is 7.18. The lowest BCUT2D eigenvalue weighted by atomic mass is 9.72. The third-order valence-electron chi connectivity index (χ3n) is 6.10. The molecule has 6 nitrogen and oxygen atoms in total. The van der Waals surface area contributed by atoms with Crippen LogP contribution in [0.3, 0.4) is 0 Å². The Bertz CT molecular complexity index is 926. The molecule has 1 N–H and O–H groups in total. The molecule has 5 heterocycles. The second-order valence-electron chi connectivity index (χ2n) is 8.51. The van der Waals surface area contributed by atoms with Crippen LogP contribution in [0.15, 0.2) is 12.4 Å². The Morgan fingerprint density at radius 1 is 1.28 bits per heavy atom. The normalized spacial score (nSPS) is 23.9. The van der Waals surface area contributed by atoms with Gasteiger partial charge in [-0.15, -0.1) is 11.3 Å².